The molecule has 4 nitrogen and oxygen atoms in total. The number of aromatic nitrogens is 4. The van der Waals surface area contributed by atoms with Crippen molar-refractivity contribution in [2.24, 2.45) is 0 Å². The average Bonchev–Trinajstić information content (AvgIpc) is 2.88. The van der Waals surface area contributed by atoms with Crippen molar-refractivity contribution in [2.75, 3.05) is 0 Å². The minimum Gasteiger partial charge on any atom is -0.177 e. The molecular weight excluding hydrogens is 200 g/mol. The van der Waals surface area contributed by atoms with E-state index < -0.39 is 0 Å². The zero-order chi connectivity index (χ0) is 12.4. The van der Waals surface area contributed by atoms with Crippen molar-refractivity contribution in [1.82, 2.24) is 20.6 Å². The fourth-order valence-electron chi connectivity index (χ4n) is 0.985. The lowest BCUT2D eigenvalue weighted by molar-refractivity contribution is 0.881. The van der Waals surface area contributed by atoms with Gasteiger partial charge >= 0.3 is 0 Å². The highest BCUT2D eigenvalue weighted by atomic mass is 15.5. The number of hydrogen-bond donors (Lipinski definition) is 1. The molecule has 1 N–H and O–H groups in total. The van der Waals surface area contributed by atoms with Crippen LogP contribution in [-0.4, -0.2) is 20.6 Å². The van der Waals surface area contributed by atoms with Crippen molar-refractivity contribution in [3.8, 4) is 11.4 Å². The Labute approximate surface area is 96.4 Å². The number of hydrogen-bond acceptors (Lipinski definition) is 3. The summed E-state index contributed by atoms with van der Waals surface area (Å²) in [4.78, 5) is 0. The van der Waals surface area contributed by atoms with Crippen LogP contribution >= 0.6 is 0 Å². The van der Waals surface area contributed by atoms with E-state index in [0.29, 0.717) is 5.82 Å². The third-order valence-electron chi connectivity index (χ3n) is 1.58. The van der Waals surface area contributed by atoms with Crippen LogP contribution in [0.3, 0.4) is 0 Å². The first-order valence-electron chi connectivity index (χ1n) is 5.01. The summed E-state index contributed by atoms with van der Waals surface area (Å²) in [6.45, 7) is 11.9. The van der Waals surface area contributed by atoms with E-state index in [1.165, 1.54) is 0 Å². The number of aromatic amines is 1. The van der Waals surface area contributed by atoms with Crippen molar-refractivity contribution < 1.29 is 0 Å². The third-order valence-corrected chi connectivity index (χ3v) is 1.58. The molecule has 2 rings (SSSR count). The van der Waals surface area contributed by atoms with Gasteiger partial charge in [0.2, 0.25) is 5.82 Å². The van der Waals surface area contributed by atoms with Gasteiger partial charge in [-0.3, -0.25) is 0 Å². The zero-order valence-electron chi connectivity index (χ0n) is 9.91. The number of H-pyrrole nitrogens is 1. The minimum absolute atomic E-state index is 0.595. The molecule has 0 unspecified atom stereocenters. The molecule has 0 fully saturated rings. The largest absolute Gasteiger partial charge is 0.205 e. The molecule has 1 aromatic heterocycles. The molecule has 0 aliphatic rings. The molecule has 0 bridgehead atoms. The van der Waals surface area contributed by atoms with Gasteiger partial charge in [0, 0.05) is 11.1 Å². The summed E-state index contributed by atoms with van der Waals surface area (Å²) in [5.74, 6) is 0.595. The van der Waals surface area contributed by atoms with Gasteiger partial charge in [0.15, 0.2) is 0 Å². The summed E-state index contributed by atoms with van der Waals surface area (Å²) in [5, 5.41) is 13.6. The smallest absolute Gasteiger partial charge is 0.177 e. The van der Waals surface area contributed by atoms with Gasteiger partial charge in [-0.2, -0.15) is 5.21 Å². The molecule has 0 amide bonds. The van der Waals surface area contributed by atoms with Gasteiger partial charge in [-0.05, 0) is 24.3 Å². The molecule has 0 aliphatic carbocycles. The molecule has 16 heavy (non-hydrogen) atoms. The maximum Gasteiger partial charge on any atom is 0.205 e. The van der Waals surface area contributed by atoms with Crippen LogP contribution in [0.1, 0.15) is 19.4 Å². The molecule has 0 saturated heterocycles. The molecular formula is C12H16N4. The quantitative estimate of drug-likeness (QED) is 0.745. The van der Waals surface area contributed by atoms with E-state index in [2.05, 4.69) is 45.9 Å². The lowest BCUT2D eigenvalue weighted by Crippen LogP contribution is -1.83. The van der Waals surface area contributed by atoms with Crippen LogP contribution in [0.5, 0.6) is 0 Å². The number of nitrogens with zero attached hydrogens (tertiary/aromatic N) is 3. The number of tetrazole rings is 1. The summed E-state index contributed by atoms with van der Waals surface area (Å²) < 4.78 is 0. The minimum atomic E-state index is 0.595. The molecule has 2 aromatic rings. The van der Waals surface area contributed by atoms with Gasteiger partial charge in [-0.25, -0.2) is 0 Å². The predicted octanol–water partition coefficient (Wildman–Crippen LogP) is 2.60. The molecule has 1 heterocycles. The highest BCUT2D eigenvalue weighted by Crippen LogP contribution is 2.14. The number of nitrogens with one attached hydrogen (secondary N) is 1. The van der Waals surface area contributed by atoms with Crippen molar-refractivity contribution >= 4 is 0 Å². The second kappa shape index (κ2) is 8.18. The van der Waals surface area contributed by atoms with Crippen molar-refractivity contribution in [3.63, 3.8) is 0 Å². The first kappa shape index (κ1) is 13.8. The maximum absolute atomic E-state index is 3.87. The van der Waals surface area contributed by atoms with Crippen molar-refractivity contribution in [2.45, 2.75) is 20.8 Å². The van der Waals surface area contributed by atoms with Crippen LogP contribution in [-0.2, 0) is 0 Å². The Morgan fingerprint density at radius 2 is 2.00 bits per heavy atom. The third kappa shape index (κ3) is 3.54. The Morgan fingerprint density at radius 1 is 1.31 bits per heavy atom. The second-order valence-corrected chi connectivity index (χ2v) is 2.38. The van der Waals surface area contributed by atoms with E-state index in [-0.39, 0.29) is 0 Å². The van der Waals surface area contributed by atoms with Gasteiger partial charge in [-0.15, -0.1) is 23.4 Å². The summed E-state index contributed by atoms with van der Waals surface area (Å²) in [5.41, 5.74) is 1.90. The first-order valence-corrected chi connectivity index (χ1v) is 5.01. The van der Waals surface area contributed by atoms with Crippen molar-refractivity contribution in [3.05, 3.63) is 43.0 Å². The second-order valence-electron chi connectivity index (χ2n) is 2.38. The Balaban J connectivity index is 0.000000509. The normalized spacial score (nSPS) is 7.69. The highest BCUT2D eigenvalue weighted by Gasteiger charge is 2.03. The lowest BCUT2D eigenvalue weighted by atomic mass is 10.1. The highest BCUT2D eigenvalue weighted by molar-refractivity contribution is 5.57. The molecule has 0 radical (unpaired) electrons. The van der Waals surface area contributed by atoms with Crippen LogP contribution in [0.2, 0.25) is 0 Å². The Hall–Kier alpha value is -2.15. The van der Waals surface area contributed by atoms with E-state index in [1.807, 2.05) is 26.8 Å². The van der Waals surface area contributed by atoms with E-state index in [9.17, 15) is 0 Å². The van der Waals surface area contributed by atoms with Gasteiger partial charge < -0.3 is 0 Å². The summed E-state index contributed by atoms with van der Waals surface area (Å²) >= 11 is 0. The van der Waals surface area contributed by atoms with Gasteiger partial charge in [0.05, 0.1) is 0 Å². The van der Waals surface area contributed by atoms with Gasteiger partial charge in [-0.1, -0.05) is 26.0 Å². The van der Waals surface area contributed by atoms with E-state index in [0.717, 1.165) is 11.1 Å². The standard InChI is InChI=1S/C8H6N4.C2H6.C2H4/c1-6-4-2-3-5-7(6)8-9-11-12-10-8;2*1-2/h3,5H,1H3,(H,9,10,11,12);1-2H3;1-2H2. The predicted molar refractivity (Wildman–Crippen MR) is 64.6 cm³/mol. The van der Waals surface area contributed by atoms with E-state index in [4.69, 9.17) is 0 Å². The fraction of sp³-hybridized carbons (Fsp3) is 0.250. The van der Waals surface area contributed by atoms with Crippen LogP contribution < -0.4 is 0 Å². The Bertz CT molecular complexity index is 382. The molecule has 4 heteroatoms. The van der Waals surface area contributed by atoms with Crippen LogP contribution in [0.15, 0.2) is 25.3 Å². The monoisotopic (exact) mass is 216 g/mol. The topological polar surface area (TPSA) is 54.5 Å². The molecule has 0 spiro atoms. The molecule has 0 saturated carbocycles. The SMILES string of the molecule is C=C.CC.Cc1c#cccc1-c1nn[nH]n1. The Morgan fingerprint density at radius 3 is 2.50 bits per heavy atom. The molecule has 84 valence electrons. The van der Waals surface area contributed by atoms with Crippen LogP contribution in [0, 0.1) is 19.1 Å². The zero-order valence-corrected chi connectivity index (χ0v) is 9.91. The summed E-state index contributed by atoms with van der Waals surface area (Å²) in [6, 6.07) is 9.46. The van der Waals surface area contributed by atoms with Gasteiger partial charge in [0.1, 0.15) is 0 Å². The fourth-order valence-corrected chi connectivity index (χ4v) is 0.985. The lowest BCUT2D eigenvalue weighted by Gasteiger charge is -1.93. The van der Waals surface area contributed by atoms with E-state index >= 15 is 0 Å². The first-order chi connectivity index (χ1) is 7.88. The summed E-state index contributed by atoms with van der Waals surface area (Å²) in [6.07, 6.45) is 0. The van der Waals surface area contributed by atoms with E-state index in [1.54, 1.807) is 6.07 Å². The van der Waals surface area contributed by atoms with Crippen LogP contribution in [0.4, 0.5) is 0 Å². The van der Waals surface area contributed by atoms with Gasteiger partial charge in [0.25, 0.3) is 0 Å². The molecule has 0 atom stereocenters. The molecule has 1 aromatic carbocycles. The molecule has 0 aliphatic heterocycles. The Kier molecular flexibility index (Phi) is 7.08. The average molecular weight is 216 g/mol. The maximum atomic E-state index is 3.87. The summed E-state index contributed by atoms with van der Waals surface area (Å²) in [7, 11) is 0. The van der Waals surface area contributed by atoms with Crippen molar-refractivity contribution in [1.29, 1.82) is 0 Å². The number of rotatable bonds is 1. The van der Waals surface area contributed by atoms with Crippen LogP contribution in [0.25, 0.3) is 11.4 Å².